The monoisotopic (exact) mass is 314 g/mol. The quantitative estimate of drug-likeness (QED) is 0.834. The van der Waals surface area contributed by atoms with Gasteiger partial charge in [0.05, 0.1) is 5.56 Å². The standard InChI is InChI=1S/C18H22N2O3/c1-4-10-19-17(21)12-23-18(22)16-11-13(2)20(14(16)3)15-8-6-5-7-9-15/h5-9,11H,4,10,12H2,1-3H3,(H,19,21). The molecule has 0 aliphatic rings. The van der Waals surface area contributed by atoms with Crippen molar-refractivity contribution in [3.8, 4) is 5.69 Å². The zero-order chi connectivity index (χ0) is 16.8. The molecule has 0 saturated heterocycles. The molecule has 2 rings (SSSR count). The van der Waals surface area contributed by atoms with Crippen LogP contribution in [0.5, 0.6) is 0 Å². The number of esters is 1. The van der Waals surface area contributed by atoms with Crippen LogP contribution in [0.3, 0.4) is 0 Å². The molecular formula is C18H22N2O3. The lowest BCUT2D eigenvalue weighted by Gasteiger charge is -2.09. The van der Waals surface area contributed by atoms with E-state index in [0.717, 1.165) is 23.5 Å². The van der Waals surface area contributed by atoms with Crippen molar-refractivity contribution < 1.29 is 14.3 Å². The molecule has 1 amide bonds. The van der Waals surface area contributed by atoms with Gasteiger partial charge in [-0.3, -0.25) is 4.79 Å². The molecule has 0 unspecified atom stereocenters. The molecule has 1 aromatic heterocycles. The van der Waals surface area contributed by atoms with E-state index in [1.165, 1.54) is 0 Å². The number of amides is 1. The molecular weight excluding hydrogens is 292 g/mol. The molecule has 0 atom stereocenters. The molecule has 5 heteroatoms. The fraction of sp³-hybridized carbons (Fsp3) is 0.333. The van der Waals surface area contributed by atoms with Crippen molar-refractivity contribution in [2.24, 2.45) is 0 Å². The molecule has 122 valence electrons. The molecule has 1 aromatic carbocycles. The van der Waals surface area contributed by atoms with Gasteiger partial charge in [0.15, 0.2) is 6.61 Å². The first-order chi connectivity index (χ1) is 11.0. The molecule has 23 heavy (non-hydrogen) atoms. The highest BCUT2D eigenvalue weighted by Crippen LogP contribution is 2.21. The van der Waals surface area contributed by atoms with Crippen LogP contribution in [0.25, 0.3) is 5.69 Å². The van der Waals surface area contributed by atoms with Crippen molar-refractivity contribution in [1.82, 2.24) is 9.88 Å². The van der Waals surface area contributed by atoms with Gasteiger partial charge in [0.2, 0.25) is 0 Å². The Morgan fingerprint density at radius 1 is 1.17 bits per heavy atom. The van der Waals surface area contributed by atoms with Gasteiger partial charge < -0.3 is 14.6 Å². The number of rotatable bonds is 6. The fourth-order valence-corrected chi connectivity index (χ4v) is 2.47. The molecule has 0 saturated carbocycles. The summed E-state index contributed by atoms with van der Waals surface area (Å²) in [4.78, 5) is 23.7. The highest BCUT2D eigenvalue weighted by atomic mass is 16.5. The first-order valence-electron chi connectivity index (χ1n) is 7.72. The average molecular weight is 314 g/mol. The molecule has 0 fully saturated rings. The van der Waals surface area contributed by atoms with Gasteiger partial charge in [-0.15, -0.1) is 0 Å². The van der Waals surface area contributed by atoms with Crippen LogP contribution in [-0.4, -0.2) is 29.6 Å². The van der Waals surface area contributed by atoms with Gasteiger partial charge in [0.25, 0.3) is 5.91 Å². The van der Waals surface area contributed by atoms with E-state index in [-0.39, 0.29) is 12.5 Å². The number of carbonyl (C=O) groups excluding carboxylic acids is 2. The largest absolute Gasteiger partial charge is 0.452 e. The molecule has 2 aromatic rings. The van der Waals surface area contributed by atoms with Crippen molar-refractivity contribution in [2.75, 3.05) is 13.2 Å². The third-order valence-corrected chi connectivity index (χ3v) is 3.57. The Morgan fingerprint density at radius 3 is 2.52 bits per heavy atom. The van der Waals surface area contributed by atoms with Crippen LogP contribution in [0.2, 0.25) is 0 Å². The van der Waals surface area contributed by atoms with E-state index in [1.54, 1.807) is 6.07 Å². The number of hydrogen-bond acceptors (Lipinski definition) is 3. The Balaban J connectivity index is 2.12. The second-order valence-corrected chi connectivity index (χ2v) is 5.38. The number of para-hydroxylation sites is 1. The van der Waals surface area contributed by atoms with E-state index >= 15 is 0 Å². The van der Waals surface area contributed by atoms with Crippen molar-refractivity contribution in [2.45, 2.75) is 27.2 Å². The number of aromatic nitrogens is 1. The van der Waals surface area contributed by atoms with Crippen LogP contribution < -0.4 is 5.32 Å². The lowest BCUT2D eigenvalue weighted by molar-refractivity contribution is -0.124. The third kappa shape index (κ3) is 4.00. The number of hydrogen-bond donors (Lipinski definition) is 1. The predicted molar refractivity (Wildman–Crippen MR) is 88.8 cm³/mol. The van der Waals surface area contributed by atoms with Crippen LogP contribution in [0.15, 0.2) is 36.4 Å². The zero-order valence-electron chi connectivity index (χ0n) is 13.8. The Kier molecular flexibility index (Phi) is 5.57. The van der Waals surface area contributed by atoms with E-state index in [4.69, 9.17) is 4.74 Å². The summed E-state index contributed by atoms with van der Waals surface area (Å²) < 4.78 is 7.10. The van der Waals surface area contributed by atoms with Crippen LogP contribution in [0.4, 0.5) is 0 Å². The number of aryl methyl sites for hydroxylation is 1. The Morgan fingerprint density at radius 2 is 1.87 bits per heavy atom. The third-order valence-electron chi connectivity index (χ3n) is 3.57. The summed E-state index contributed by atoms with van der Waals surface area (Å²) in [6.07, 6.45) is 0.845. The molecule has 1 heterocycles. The number of ether oxygens (including phenoxy) is 1. The van der Waals surface area contributed by atoms with Crippen LogP contribution in [0, 0.1) is 13.8 Å². The highest BCUT2D eigenvalue weighted by molar-refractivity contribution is 5.93. The SMILES string of the molecule is CCCNC(=O)COC(=O)c1cc(C)n(-c2ccccc2)c1C. The molecule has 0 radical (unpaired) electrons. The minimum atomic E-state index is -0.480. The maximum Gasteiger partial charge on any atom is 0.340 e. The number of benzene rings is 1. The maximum atomic E-state index is 12.2. The lowest BCUT2D eigenvalue weighted by atomic mass is 10.2. The van der Waals surface area contributed by atoms with Gasteiger partial charge in [-0.05, 0) is 38.5 Å². The zero-order valence-corrected chi connectivity index (χ0v) is 13.8. The minimum absolute atomic E-state index is 0.256. The van der Waals surface area contributed by atoms with E-state index in [1.807, 2.05) is 55.7 Å². The van der Waals surface area contributed by atoms with Crippen LogP contribution >= 0.6 is 0 Å². The molecule has 0 spiro atoms. The van der Waals surface area contributed by atoms with Crippen molar-refractivity contribution in [1.29, 1.82) is 0 Å². The van der Waals surface area contributed by atoms with Gasteiger partial charge in [-0.2, -0.15) is 0 Å². The molecule has 5 nitrogen and oxygen atoms in total. The van der Waals surface area contributed by atoms with Gasteiger partial charge in [-0.1, -0.05) is 25.1 Å². The maximum absolute atomic E-state index is 12.2. The Labute approximate surface area is 136 Å². The number of carbonyl (C=O) groups is 2. The van der Waals surface area contributed by atoms with E-state index in [9.17, 15) is 9.59 Å². The van der Waals surface area contributed by atoms with Crippen LogP contribution in [-0.2, 0) is 9.53 Å². The highest BCUT2D eigenvalue weighted by Gasteiger charge is 2.18. The summed E-state index contributed by atoms with van der Waals surface area (Å²) in [6, 6.07) is 11.6. The molecule has 0 aliphatic heterocycles. The Bertz CT molecular complexity index is 690. The smallest absolute Gasteiger partial charge is 0.340 e. The predicted octanol–water partition coefficient (Wildman–Crippen LogP) is 2.78. The van der Waals surface area contributed by atoms with Crippen LogP contribution in [0.1, 0.15) is 35.1 Å². The number of nitrogens with zero attached hydrogens (tertiary/aromatic N) is 1. The van der Waals surface area contributed by atoms with Crippen molar-refractivity contribution in [3.05, 3.63) is 53.3 Å². The second kappa shape index (κ2) is 7.63. The van der Waals surface area contributed by atoms with Crippen molar-refractivity contribution >= 4 is 11.9 Å². The first kappa shape index (κ1) is 16.8. The summed E-state index contributed by atoms with van der Waals surface area (Å²) in [5.41, 5.74) is 3.21. The van der Waals surface area contributed by atoms with Gasteiger partial charge in [0, 0.05) is 23.6 Å². The van der Waals surface area contributed by atoms with Gasteiger partial charge >= 0.3 is 5.97 Å². The topological polar surface area (TPSA) is 60.3 Å². The number of nitrogens with one attached hydrogen (secondary N) is 1. The lowest BCUT2D eigenvalue weighted by Crippen LogP contribution is -2.29. The molecule has 0 bridgehead atoms. The molecule has 0 aliphatic carbocycles. The second-order valence-electron chi connectivity index (χ2n) is 5.38. The van der Waals surface area contributed by atoms with Gasteiger partial charge in [0.1, 0.15) is 0 Å². The summed E-state index contributed by atoms with van der Waals surface area (Å²) in [5.74, 6) is -0.760. The van der Waals surface area contributed by atoms with E-state index in [0.29, 0.717) is 12.1 Å². The van der Waals surface area contributed by atoms with E-state index < -0.39 is 5.97 Å². The van der Waals surface area contributed by atoms with Gasteiger partial charge in [-0.25, -0.2) is 4.79 Å². The summed E-state index contributed by atoms with van der Waals surface area (Å²) in [6.45, 7) is 6.09. The summed E-state index contributed by atoms with van der Waals surface area (Å²) in [7, 11) is 0. The minimum Gasteiger partial charge on any atom is -0.452 e. The summed E-state index contributed by atoms with van der Waals surface area (Å²) in [5, 5.41) is 2.67. The fourth-order valence-electron chi connectivity index (χ4n) is 2.47. The Hall–Kier alpha value is -2.56. The first-order valence-corrected chi connectivity index (χ1v) is 7.72. The summed E-state index contributed by atoms with van der Waals surface area (Å²) >= 11 is 0. The average Bonchev–Trinajstić information content (AvgIpc) is 2.86. The molecule has 1 N–H and O–H groups in total. The van der Waals surface area contributed by atoms with E-state index in [2.05, 4.69) is 5.32 Å². The normalized spacial score (nSPS) is 10.4. The van der Waals surface area contributed by atoms with Crippen molar-refractivity contribution in [3.63, 3.8) is 0 Å².